The fourth-order valence-electron chi connectivity index (χ4n) is 4.12. The number of carbonyl (C=O) groups excluding carboxylic acids is 1. The normalized spacial score (nSPS) is 36.5. The Hall–Kier alpha value is -1.08. The quantitative estimate of drug-likeness (QED) is 0.508. The number of rotatable bonds is 11. The number of halogens is 2. The third kappa shape index (κ3) is 5.47. The lowest BCUT2D eigenvalue weighted by molar-refractivity contribution is -0.356. The molecule has 1 heterocycles. The zero-order valence-corrected chi connectivity index (χ0v) is 15.2. The average molecular weight is 398 g/mol. The number of ether oxygens (including phenoxy) is 1. The SMILES string of the molecule is [2H]C([2H])([2H])C([2H])([2H])C([2H])([2H])CC(F)(F)[C@@]1(O)CC[C@H]2[C@@H](CC(=O)[C@@H]2CCCCCCC(=O)O)O1. The standard InChI is InChI=1S/C20H32F2O5/c1-2-3-11-19(21,22)20(26)12-10-15-14(16(23)13-17(15)27-20)8-6-4-5-7-9-18(24)25/h14-15,17,26H,2-13H2,1H3,(H,24,25)/t14-,15-,17-,20-/m1/s1/i1D3,2D2,3D2. The third-order valence-electron chi connectivity index (χ3n) is 5.60. The molecular formula is C20H32F2O5. The van der Waals surface area contributed by atoms with Gasteiger partial charge in [0, 0.05) is 41.2 Å². The second kappa shape index (κ2) is 9.41. The monoisotopic (exact) mass is 397 g/mol. The Bertz CT molecular complexity index is 762. The number of ketones is 1. The van der Waals surface area contributed by atoms with Gasteiger partial charge in [0.15, 0.2) is 0 Å². The first-order chi connectivity index (χ1) is 15.3. The molecule has 2 aliphatic rings. The third-order valence-corrected chi connectivity index (χ3v) is 5.60. The summed E-state index contributed by atoms with van der Waals surface area (Å²) < 4.78 is 87.3. The van der Waals surface area contributed by atoms with Gasteiger partial charge in [0.05, 0.1) is 6.10 Å². The van der Waals surface area contributed by atoms with E-state index < -0.39 is 68.1 Å². The fourth-order valence-corrected chi connectivity index (χ4v) is 4.12. The van der Waals surface area contributed by atoms with Crippen LogP contribution < -0.4 is 0 Å². The van der Waals surface area contributed by atoms with Crippen LogP contribution in [0.15, 0.2) is 0 Å². The lowest BCUT2D eigenvalue weighted by atomic mass is 9.81. The highest BCUT2D eigenvalue weighted by atomic mass is 19.3. The number of carboxylic acid groups (broad SMARTS) is 1. The van der Waals surface area contributed by atoms with Crippen LogP contribution in [0.5, 0.6) is 0 Å². The number of aliphatic carboxylic acids is 1. The van der Waals surface area contributed by atoms with Crippen molar-refractivity contribution in [2.45, 2.75) is 102 Å². The number of Topliss-reactive ketones (excluding diaryl/α,β-unsaturated/α-hetero) is 1. The Kier molecular flexibility index (Phi) is 4.88. The second-order valence-electron chi connectivity index (χ2n) is 7.45. The number of alkyl halides is 2. The Morgan fingerprint density at radius 2 is 2.15 bits per heavy atom. The molecule has 0 bridgehead atoms. The van der Waals surface area contributed by atoms with Crippen molar-refractivity contribution in [3.63, 3.8) is 0 Å². The Morgan fingerprint density at radius 3 is 2.85 bits per heavy atom. The largest absolute Gasteiger partial charge is 0.481 e. The summed E-state index contributed by atoms with van der Waals surface area (Å²) in [6.07, 6.45) is -7.65. The highest BCUT2D eigenvalue weighted by Gasteiger charge is 2.59. The van der Waals surface area contributed by atoms with E-state index in [1.807, 2.05) is 0 Å². The zero-order chi connectivity index (χ0) is 26.2. The molecule has 0 unspecified atom stereocenters. The first kappa shape index (κ1) is 14.0. The summed E-state index contributed by atoms with van der Waals surface area (Å²) in [5.41, 5.74) is 0. The molecule has 2 rings (SSSR count). The first-order valence-corrected chi connectivity index (χ1v) is 9.37. The van der Waals surface area contributed by atoms with Crippen molar-refractivity contribution in [1.29, 1.82) is 0 Å². The van der Waals surface area contributed by atoms with E-state index in [2.05, 4.69) is 0 Å². The molecule has 2 N–H and O–H groups in total. The number of aliphatic hydroxyl groups is 1. The van der Waals surface area contributed by atoms with Crippen molar-refractivity contribution in [2.75, 3.05) is 0 Å². The molecule has 1 aliphatic heterocycles. The smallest absolute Gasteiger partial charge is 0.303 e. The van der Waals surface area contributed by atoms with Gasteiger partial charge in [-0.05, 0) is 31.6 Å². The average Bonchev–Trinajstić information content (AvgIpc) is 2.96. The van der Waals surface area contributed by atoms with Gasteiger partial charge >= 0.3 is 11.9 Å². The first-order valence-electron chi connectivity index (χ1n) is 12.9. The van der Waals surface area contributed by atoms with Gasteiger partial charge < -0.3 is 14.9 Å². The predicted molar refractivity (Wildman–Crippen MR) is 95.5 cm³/mol. The van der Waals surface area contributed by atoms with Gasteiger partial charge in [-0.25, -0.2) is 8.78 Å². The summed E-state index contributed by atoms with van der Waals surface area (Å²) in [5.74, 6) is -9.35. The van der Waals surface area contributed by atoms with Crippen molar-refractivity contribution < 1.29 is 42.9 Å². The maximum Gasteiger partial charge on any atom is 0.303 e. The predicted octanol–water partition coefficient (Wildman–Crippen LogP) is 4.31. The zero-order valence-electron chi connectivity index (χ0n) is 22.2. The van der Waals surface area contributed by atoms with Gasteiger partial charge in [0.2, 0.25) is 5.79 Å². The summed E-state index contributed by atoms with van der Waals surface area (Å²) in [5, 5.41) is 19.3. The minimum atomic E-state index is -4.31. The number of hydrogen-bond donors (Lipinski definition) is 2. The van der Waals surface area contributed by atoms with Crippen LogP contribution in [0.3, 0.4) is 0 Å². The van der Waals surface area contributed by atoms with Crippen molar-refractivity contribution in [3.05, 3.63) is 0 Å². The molecule has 0 spiro atoms. The molecule has 0 aromatic heterocycles. The summed E-state index contributed by atoms with van der Waals surface area (Å²) in [4.78, 5) is 23.0. The lowest BCUT2D eigenvalue weighted by Crippen LogP contribution is -2.55. The van der Waals surface area contributed by atoms with Gasteiger partial charge in [-0.1, -0.05) is 32.5 Å². The Balaban J connectivity index is 2.01. The Morgan fingerprint density at radius 1 is 1.41 bits per heavy atom. The molecule has 1 aliphatic carbocycles. The highest BCUT2D eigenvalue weighted by molar-refractivity contribution is 5.84. The van der Waals surface area contributed by atoms with Crippen molar-refractivity contribution >= 4 is 11.8 Å². The van der Waals surface area contributed by atoms with Crippen LogP contribution in [-0.2, 0) is 14.3 Å². The summed E-state index contributed by atoms with van der Waals surface area (Å²) in [7, 11) is 0. The molecule has 0 aromatic rings. The van der Waals surface area contributed by atoms with E-state index in [-0.39, 0.29) is 25.0 Å². The van der Waals surface area contributed by atoms with Crippen LogP contribution in [0.1, 0.15) is 93.4 Å². The summed E-state index contributed by atoms with van der Waals surface area (Å²) in [6, 6.07) is 0. The molecule has 0 aromatic carbocycles. The van der Waals surface area contributed by atoms with Crippen LogP contribution in [0.25, 0.3) is 0 Å². The number of unbranched alkanes of at least 4 members (excludes halogenated alkanes) is 3. The molecule has 4 atom stereocenters. The molecule has 1 saturated heterocycles. The number of carboxylic acids is 1. The van der Waals surface area contributed by atoms with Gasteiger partial charge in [0.25, 0.3) is 0 Å². The van der Waals surface area contributed by atoms with E-state index >= 15 is 8.78 Å². The van der Waals surface area contributed by atoms with E-state index in [9.17, 15) is 14.7 Å². The van der Waals surface area contributed by atoms with E-state index in [1.54, 1.807) is 0 Å². The molecule has 0 amide bonds. The minimum Gasteiger partial charge on any atom is -0.481 e. The molecule has 7 heteroatoms. The van der Waals surface area contributed by atoms with Gasteiger partial charge in [0.1, 0.15) is 5.78 Å². The van der Waals surface area contributed by atoms with E-state index in [0.29, 0.717) is 25.7 Å². The van der Waals surface area contributed by atoms with Crippen LogP contribution in [0.4, 0.5) is 8.78 Å². The molecule has 0 radical (unpaired) electrons. The molecule has 5 nitrogen and oxygen atoms in total. The van der Waals surface area contributed by atoms with Crippen molar-refractivity contribution in [3.8, 4) is 0 Å². The molecule has 27 heavy (non-hydrogen) atoms. The topological polar surface area (TPSA) is 83.8 Å². The second-order valence-corrected chi connectivity index (χ2v) is 7.45. The van der Waals surface area contributed by atoms with Gasteiger partial charge in [-0.15, -0.1) is 0 Å². The number of hydrogen-bond acceptors (Lipinski definition) is 4. The van der Waals surface area contributed by atoms with Gasteiger partial charge in [-0.2, -0.15) is 0 Å². The maximum atomic E-state index is 15.0. The van der Waals surface area contributed by atoms with E-state index in [4.69, 9.17) is 19.4 Å². The van der Waals surface area contributed by atoms with Crippen molar-refractivity contribution in [1.82, 2.24) is 0 Å². The van der Waals surface area contributed by atoms with Crippen LogP contribution in [-0.4, -0.2) is 39.8 Å². The molecule has 156 valence electrons. The Labute approximate surface area is 169 Å². The molecular weight excluding hydrogens is 358 g/mol. The maximum absolute atomic E-state index is 15.0. The van der Waals surface area contributed by atoms with E-state index in [0.717, 1.165) is 6.42 Å². The van der Waals surface area contributed by atoms with E-state index in [1.165, 1.54) is 0 Å². The summed E-state index contributed by atoms with van der Waals surface area (Å²) in [6.45, 7) is -3.51. The lowest BCUT2D eigenvalue weighted by Gasteiger charge is -2.43. The molecule has 2 fully saturated rings. The number of fused-ring (bicyclic) bond motifs is 1. The molecule has 1 saturated carbocycles. The number of carbonyl (C=O) groups is 2. The van der Waals surface area contributed by atoms with Gasteiger partial charge in [-0.3, -0.25) is 9.59 Å². The van der Waals surface area contributed by atoms with Crippen LogP contribution in [0, 0.1) is 11.8 Å². The fraction of sp³-hybridized carbons (Fsp3) is 0.900. The van der Waals surface area contributed by atoms with Crippen LogP contribution in [0.2, 0.25) is 0 Å². The minimum absolute atomic E-state index is 0.0152. The highest BCUT2D eigenvalue weighted by Crippen LogP contribution is 2.49. The summed E-state index contributed by atoms with van der Waals surface area (Å²) >= 11 is 0. The van der Waals surface area contributed by atoms with Crippen molar-refractivity contribution in [2.24, 2.45) is 11.8 Å². The van der Waals surface area contributed by atoms with Crippen LogP contribution >= 0.6 is 0 Å².